The monoisotopic (exact) mass is 226 g/mol. The van der Waals surface area contributed by atoms with Gasteiger partial charge in [0.25, 0.3) is 0 Å². The first-order chi connectivity index (χ1) is 6.88. The van der Waals surface area contributed by atoms with Crippen LogP contribution < -0.4 is 9.47 Å². The SMILES string of the molecule is SC=COc1ccccc1OC=CS. The fourth-order valence-electron chi connectivity index (χ4n) is 0.852. The van der Waals surface area contributed by atoms with E-state index in [1.54, 1.807) is 12.1 Å². The third-order valence-electron chi connectivity index (χ3n) is 1.36. The minimum absolute atomic E-state index is 0.629. The Morgan fingerprint density at radius 1 is 0.857 bits per heavy atom. The topological polar surface area (TPSA) is 18.5 Å². The first kappa shape index (κ1) is 11.1. The van der Waals surface area contributed by atoms with E-state index < -0.39 is 0 Å². The molecule has 0 aliphatic carbocycles. The second-order valence-electron chi connectivity index (χ2n) is 2.25. The lowest BCUT2D eigenvalue weighted by Crippen LogP contribution is -1.87. The Bertz CT molecular complexity index is 302. The second kappa shape index (κ2) is 6.45. The molecule has 0 fully saturated rings. The van der Waals surface area contributed by atoms with Gasteiger partial charge in [-0.2, -0.15) is 0 Å². The maximum absolute atomic E-state index is 5.24. The zero-order chi connectivity index (χ0) is 10.2. The lowest BCUT2D eigenvalue weighted by atomic mass is 10.3. The van der Waals surface area contributed by atoms with Crippen LogP contribution >= 0.6 is 25.3 Å². The fourth-order valence-corrected chi connectivity index (χ4v) is 0.974. The van der Waals surface area contributed by atoms with Crippen LogP contribution in [0.15, 0.2) is 47.6 Å². The Labute approximate surface area is 94.0 Å². The number of ether oxygens (including phenoxy) is 2. The van der Waals surface area contributed by atoms with Crippen molar-refractivity contribution in [3.63, 3.8) is 0 Å². The number of benzene rings is 1. The molecule has 1 aromatic carbocycles. The van der Waals surface area contributed by atoms with Crippen LogP contribution in [0, 0.1) is 0 Å². The van der Waals surface area contributed by atoms with Crippen molar-refractivity contribution in [2.24, 2.45) is 0 Å². The molecule has 0 heterocycles. The second-order valence-corrected chi connectivity index (χ2v) is 2.85. The van der Waals surface area contributed by atoms with Crippen molar-refractivity contribution in [2.45, 2.75) is 0 Å². The summed E-state index contributed by atoms with van der Waals surface area (Å²) >= 11 is 7.77. The van der Waals surface area contributed by atoms with Crippen molar-refractivity contribution in [3.05, 3.63) is 47.6 Å². The van der Waals surface area contributed by atoms with Crippen molar-refractivity contribution in [2.75, 3.05) is 0 Å². The van der Waals surface area contributed by atoms with Crippen LogP contribution in [-0.2, 0) is 0 Å². The molecule has 1 aromatic rings. The first-order valence-corrected chi connectivity index (χ1v) is 4.92. The smallest absolute Gasteiger partial charge is 0.169 e. The molecule has 2 nitrogen and oxygen atoms in total. The van der Waals surface area contributed by atoms with E-state index in [0.29, 0.717) is 11.5 Å². The number of thiol groups is 2. The Morgan fingerprint density at radius 3 is 1.64 bits per heavy atom. The summed E-state index contributed by atoms with van der Waals surface area (Å²) < 4.78 is 10.5. The molecule has 0 aliphatic rings. The summed E-state index contributed by atoms with van der Waals surface area (Å²) in [6.45, 7) is 0. The normalized spacial score (nSPS) is 11.0. The van der Waals surface area contributed by atoms with Gasteiger partial charge in [0.1, 0.15) is 0 Å². The van der Waals surface area contributed by atoms with Gasteiger partial charge in [0.05, 0.1) is 12.5 Å². The van der Waals surface area contributed by atoms with E-state index in [0.717, 1.165) is 0 Å². The average Bonchev–Trinajstić information content (AvgIpc) is 2.24. The van der Waals surface area contributed by atoms with Crippen molar-refractivity contribution in [1.29, 1.82) is 0 Å². The molecular formula is C10H10O2S2. The highest BCUT2D eigenvalue weighted by Gasteiger charge is 2.00. The summed E-state index contributed by atoms with van der Waals surface area (Å²) in [7, 11) is 0. The van der Waals surface area contributed by atoms with Crippen molar-refractivity contribution >= 4 is 25.3 Å². The highest BCUT2D eigenvalue weighted by Crippen LogP contribution is 2.26. The van der Waals surface area contributed by atoms with E-state index in [4.69, 9.17) is 9.47 Å². The highest BCUT2D eigenvalue weighted by molar-refractivity contribution is 7.83. The van der Waals surface area contributed by atoms with Crippen molar-refractivity contribution in [1.82, 2.24) is 0 Å². The number of para-hydroxylation sites is 2. The third-order valence-corrected chi connectivity index (χ3v) is 1.60. The molecule has 0 N–H and O–H groups in total. The van der Waals surface area contributed by atoms with E-state index in [9.17, 15) is 0 Å². The molecule has 0 bridgehead atoms. The summed E-state index contributed by atoms with van der Waals surface area (Å²) in [5, 5.41) is 3.01. The number of hydrogen-bond donors (Lipinski definition) is 2. The molecule has 0 radical (unpaired) electrons. The van der Waals surface area contributed by atoms with Crippen LogP contribution in [0.4, 0.5) is 0 Å². The van der Waals surface area contributed by atoms with Gasteiger partial charge in [0, 0.05) is 10.8 Å². The molecule has 0 aromatic heterocycles. The minimum atomic E-state index is 0.629. The quantitative estimate of drug-likeness (QED) is 0.606. The van der Waals surface area contributed by atoms with Gasteiger partial charge < -0.3 is 9.47 Å². The predicted octanol–water partition coefficient (Wildman–Crippen LogP) is 3.25. The molecule has 74 valence electrons. The lowest BCUT2D eigenvalue weighted by Gasteiger charge is -2.05. The maximum Gasteiger partial charge on any atom is 0.169 e. The van der Waals surface area contributed by atoms with Crippen LogP contribution in [0.1, 0.15) is 0 Å². The average molecular weight is 226 g/mol. The molecule has 0 amide bonds. The van der Waals surface area contributed by atoms with Crippen molar-refractivity contribution < 1.29 is 9.47 Å². The highest BCUT2D eigenvalue weighted by atomic mass is 32.1. The molecule has 4 heteroatoms. The zero-order valence-corrected chi connectivity index (χ0v) is 9.12. The van der Waals surface area contributed by atoms with Gasteiger partial charge in [-0.05, 0) is 12.1 Å². The molecule has 0 aliphatic heterocycles. The van der Waals surface area contributed by atoms with Crippen molar-refractivity contribution in [3.8, 4) is 11.5 Å². The van der Waals surface area contributed by atoms with Gasteiger partial charge in [-0.3, -0.25) is 0 Å². The van der Waals surface area contributed by atoms with Crippen LogP contribution in [0.2, 0.25) is 0 Å². The molecule has 0 unspecified atom stereocenters. The van der Waals surface area contributed by atoms with Crippen LogP contribution in [-0.4, -0.2) is 0 Å². The summed E-state index contributed by atoms with van der Waals surface area (Å²) in [6.07, 6.45) is 2.94. The summed E-state index contributed by atoms with van der Waals surface area (Å²) in [5.74, 6) is 1.26. The minimum Gasteiger partial charge on any atom is -0.461 e. The lowest BCUT2D eigenvalue weighted by molar-refractivity contribution is 0.418. The summed E-state index contributed by atoms with van der Waals surface area (Å²) in [5.41, 5.74) is 0. The maximum atomic E-state index is 5.24. The number of hydrogen-bond acceptors (Lipinski definition) is 4. The van der Waals surface area contributed by atoms with E-state index in [1.807, 2.05) is 12.1 Å². The fraction of sp³-hybridized carbons (Fsp3) is 0. The van der Waals surface area contributed by atoms with Gasteiger partial charge in [0.15, 0.2) is 11.5 Å². The largest absolute Gasteiger partial charge is 0.461 e. The van der Waals surface area contributed by atoms with Gasteiger partial charge in [0.2, 0.25) is 0 Å². The van der Waals surface area contributed by atoms with Crippen LogP contribution in [0.25, 0.3) is 0 Å². The third kappa shape index (κ3) is 3.40. The summed E-state index contributed by atoms with van der Waals surface area (Å²) in [4.78, 5) is 0. The Balaban J connectivity index is 2.79. The molecule has 0 saturated heterocycles. The standard InChI is InChI=1S/C10H10O2S2/c13-7-5-11-9-3-1-2-4-10(9)12-6-8-14/h1-8,13-14H. The Morgan fingerprint density at radius 2 is 1.29 bits per heavy atom. The first-order valence-electron chi connectivity index (χ1n) is 3.89. The summed E-state index contributed by atoms with van der Waals surface area (Å²) in [6, 6.07) is 7.32. The molecular weight excluding hydrogens is 216 g/mol. The van der Waals surface area contributed by atoms with Crippen LogP contribution in [0.5, 0.6) is 11.5 Å². The van der Waals surface area contributed by atoms with Gasteiger partial charge >= 0.3 is 0 Å². The Hall–Kier alpha value is -1.00. The number of rotatable bonds is 4. The molecule has 0 saturated carbocycles. The van der Waals surface area contributed by atoms with Gasteiger partial charge in [-0.1, -0.05) is 12.1 Å². The van der Waals surface area contributed by atoms with E-state index in [1.165, 1.54) is 23.3 Å². The molecule has 1 rings (SSSR count). The predicted molar refractivity (Wildman–Crippen MR) is 64.0 cm³/mol. The Kier molecular flexibility index (Phi) is 5.11. The van der Waals surface area contributed by atoms with E-state index in [2.05, 4.69) is 25.3 Å². The molecule has 14 heavy (non-hydrogen) atoms. The van der Waals surface area contributed by atoms with Crippen LogP contribution in [0.3, 0.4) is 0 Å². The zero-order valence-electron chi connectivity index (χ0n) is 7.33. The van der Waals surface area contributed by atoms with Gasteiger partial charge in [-0.15, -0.1) is 25.3 Å². The molecule has 0 spiro atoms. The van der Waals surface area contributed by atoms with E-state index >= 15 is 0 Å². The van der Waals surface area contributed by atoms with E-state index in [-0.39, 0.29) is 0 Å². The molecule has 0 atom stereocenters. The van der Waals surface area contributed by atoms with Gasteiger partial charge in [-0.25, -0.2) is 0 Å².